The maximum atomic E-state index is 13.5. The molecule has 0 aliphatic carbocycles. The number of carbonyl (C=O) groups excluding carboxylic acids is 2. The van der Waals surface area contributed by atoms with Crippen LogP contribution in [0.1, 0.15) is 34.6 Å². The van der Waals surface area contributed by atoms with Gasteiger partial charge in [0.25, 0.3) is 11.8 Å². The molecule has 0 spiro atoms. The van der Waals surface area contributed by atoms with Gasteiger partial charge in [-0.15, -0.1) is 0 Å². The Morgan fingerprint density at radius 2 is 1.57 bits per heavy atom. The lowest BCUT2D eigenvalue weighted by molar-refractivity contribution is 0.101. The predicted octanol–water partition coefficient (Wildman–Crippen LogP) is 4.37. The van der Waals surface area contributed by atoms with E-state index in [1.807, 2.05) is 0 Å². The molecule has 3 aromatic rings. The molecule has 3 rings (SSSR count). The quantitative estimate of drug-likeness (QED) is 0.479. The Morgan fingerprint density at radius 3 is 2.17 bits per heavy atom. The minimum atomic E-state index is -3.67. The number of halogens is 1. The van der Waals surface area contributed by atoms with Gasteiger partial charge in [0.05, 0.1) is 17.7 Å². The molecule has 0 bridgehead atoms. The van der Waals surface area contributed by atoms with Crippen LogP contribution in [0.4, 0.5) is 15.8 Å². The fourth-order valence-corrected chi connectivity index (χ4v) is 4.50. The van der Waals surface area contributed by atoms with Crippen LogP contribution in [0.25, 0.3) is 0 Å². The molecule has 0 aliphatic rings. The average Bonchev–Trinajstić information content (AvgIpc) is 2.83. The van der Waals surface area contributed by atoms with Crippen molar-refractivity contribution in [2.45, 2.75) is 24.8 Å². The molecule has 0 atom stereocenters. The van der Waals surface area contributed by atoms with E-state index in [0.29, 0.717) is 11.4 Å². The van der Waals surface area contributed by atoms with Gasteiger partial charge in [0.1, 0.15) is 11.6 Å². The summed E-state index contributed by atoms with van der Waals surface area (Å²) in [4.78, 5) is 25.3. The van der Waals surface area contributed by atoms with E-state index in [2.05, 4.69) is 10.6 Å². The first-order valence-electron chi connectivity index (χ1n) is 10.7. The van der Waals surface area contributed by atoms with Crippen LogP contribution in [-0.4, -0.2) is 44.7 Å². The largest absolute Gasteiger partial charge is 0.495 e. The van der Waals surface area contributed by atoms with E-state index < -0.39 is 27.7 Å². The summed E-state index contributed by atoms with van der Waals surface area (Å²) in [5.41, 5.74) is 1.01. The van der Waals surface area contributed by atoms with E-state index >= 15 is 0 Å². The Balaban J connectivity index is 1.78. The van der Waals surface area contributed by atoms with Crippen LogP contribution in [0.5, 0.6) is 5.75 Å². The molecule has 0 radical (unpaired) electrons. The number of ether oxygens (including phenoxy) is 1. The maximum Gasteiger partial charge on any atom is 0.255 e. The number of benzene rings is 3. The Kier molecular flexibility index (Phi) is 7.88. The Bertz CT molecular complexity index is 1340. The van der Waals surface area contributed by atoms with Crippen molar-refractivity contribution < 1.29 is 27.1 Å². The van der Waals surface area contributed by atoms with Gasteiger partial charge in [-0.3, -0.25) is 9.59 Å². The third kappa shape index (κ3) is 6.03. The molecule has 2 amide bonds. The number of methoxy groups -OCH3 is 1. The van der Waals surface area contributed by atoms with Gasteiger partial charge < -0.3 is 15.4 Å². The SMILES string of the molecule is COc1ccc(NC(=O)c2ccc(S(=O)(=O)N(C)C(C)C)cc2)cc1NC(=O)c1cccc(F)c1. The van der Waals surface area contributed by atoms with Gasteiger partial charge in [-0.2, -0.15) is 4.31 Å². The molecule has 0 aromatic heterocycles. The van der Waals surface area contributed by atoms with Crippen molar-refractivity contribution in [1.82, 2.24) is 4.31 Å². The first-order valence-corrected chi connectivity index (χ1v) is 12.1. The van der Waals surface area contributed by atoms with Crippen LogP contribution in [0, 0.1) is 5.82 Å². The van der Waals surface area contributed by atoms with Gasteiger partial charge in [-0.05, 0) is 74.5 Å². The normalized spacial score (nSPS) is 11.4. The molecule has 2 N–H and O–H groups in total. The van der Waals surface area contributed by atoms with Crippen molar-refractivity contribution in [1.29, 1.82) is 0 Å². The lowest BCUT2D eigenvalue weighted by Crippen LogP contribution is -2.33. The second-order valence-corrected chi connectivity index (χ2v) is 9.97. The van der Waals surface area contributed by atoms with Gasteiger partial charge in [-0.1, -0.05) is 6.07 Å². The van der Waals surface area contributed by atoms with Crippen molar-refractivity contribution >= 4 is 33.2 Å². The van der Waals surface area contributed by atoms with Gasteiger partial charge in [-0.25, -0.2) is 12.8 Å². The molecule has 0 heterocycles. The second-order valence-electron chi connectivity index (χ2n) is 7.97. The minimum absolute atomic E-state index is 0.0806. The molecular formula is C25H26FN3O5S. The first kappa shape index (κ1) is 25.9. The van der Waals surface area contributed by atoms with Crippen molar-refractivity contribution in [2.75, 3.05) is 24.8 Å². The highest BCUT2D eigenvalue weighted by Gasteiger charge is 2.23. The summed E-state index contributed by atoms with van der Waals surface area (Å²) in [5, 5.41) is 5.35. The Morgan fingerprint density at radius 1 is 0.914 bits per heavy atom. The summed E-state index contributed by atoms with van der Waals surface area (Å²) in [6, 6.07) is 15.3. The molecule has 0 saturated heterocycles. The summed E-state index contributed by atoms with van der Waals surface area (Å²) in [5.74, 6) is -1.22. The fourth-order valence-electron chi connectivity index (χ4n) is 3.13. The number of nitrogens with zero attached hydrogens (tertiary/aromatic N) is 1. The summed E-state index contributed by atoms with van der Waals surface area (Å²) in [7, 11) is -0.743. The summed E-state index contributed by atoms with van der Waals surface area (Å²) in [6.07, 6.45) is 0. The number of anilines is 2. The zero-order chi connectivity index (χ0) is 25.8. The molecule has 0 aliphatic heterocycles. The van der Waals surface area contributed by atoms with Crippen molar-refractivity contribution in [2.24, 2.45) is 0 Å². The smallest absolute Gasteiger partial charge is 0.255 e. The third-order valence-corrected chi connectivity index (χ3v) is 7.36. The second kappa shape index (κ2) is 10.7. The molecule has 8 nitrogen and oxygen atoms in total. The zero-order valence-corrected chi connectivity index (χ0v) is 20.5. The van der Waals surface area contributed by atoms with E-state index in [-0.39, 0.29) is 27.8 Å². The van der Waals surface area contributed by atoms with Gasteiger partial charge in [0.2, 0.25) is 10.0 Å². The molecule has 0 fully saturated rings. The van der Waals surface area contributed by atoms with Gasteiger partial charge >= 0.3 is 0 Å². The van der Waals surface area contributed by atoms with E-state index in [1.54, 1.807) is 26.0 Å². The highest BCUT2D eigenvalue weighted by Crippen LogP contribution is 2.29. The maximum absolute atomic E-state index is 13.5. The number of rotatable bonds is 8. The number of sulfonamides is 1. The first-order chi connectivity index (χ1) is 16.5. The molecule has 35 heavy (non-hydrogen) atoms. The van der Waals surface area contributed by atoms with E-state index in [1.165, 1.54) is 67.0 Å². The zero-order valence-electron chi connectivity index (χ0n) is 19.7. The number of nitrogens with one attached hydrogen (secondary N) is 2. The molecular weight excluding hydrogens is 473 g/mol. The highest BCUT2D eigenvalue weighted by molar-refractivity contribution is 7.89. The van der Waals surface area contributed by atoms with E-state index in [0.717, 1.165) is 6.07 Å². The van der Waals surface area contributed by atoms with Crippen LogP contribution in [0.3, 0.4) is 0 Å². The van der Waals surface area contributed by atoms with Gasteiger partial charge in [0.15, 0.2) is 0 Å². The topological polar surface area (TPSA) is 105 Å². The standard InChI is InChI=1S/C25H26FN3O5S/c1-16(2)29(3)35(32,33)21-11-8-17(9-12-21)24(30)27-20-10-13-23(34-4)22(15-20)28-25(31)18-6-5-7-19(26)14-18/h5-16H,1-4H3,(H,27,30)(H,28,31). The average molecular weight is 500 g/mol. The van der Waals surface area contributed by atoms with E-state index in [9.17, 15) is 22.4 Å². The van der Waals surface area contributed by atoms with Gasteiger partial charge in [0, 0.05) is 29.9 Å². The molecule has 3 aromatic carbocycles. The molecule has 184 valence electrons. The molecule has 0 saturated carbocycles. The Hall–Kier alpha value is -3.76. The van der Waals surface area contributed by atoms with Crippen LogP contribution < -0.4 is 15.4 Å². The van der Waals surface area contributed by atoms with Crippen LogP contribution in [0.2, 0.25) is 0 Å². The number of hydrogen-bond donors (Lipinski definition) is 2. The lowest BCUT2D eigenvalue weighted by atomic mass is 10.2. The lowest BCUT2D eigenvalue weighted by Gasteiger charge is -2.21. The van der Waals surface area contributed by atoms with Crippen LogP contribution in [-0.2, 0) is 10.0 Å². The Labute approximate surface area is 203 Å². The number of carbonyl (C=O) groups is 2. The minimum Gasteiger partial charge on any atom is -0.495 e. The number of hydrogen-bond acceptors (Lipinski definition) is 5. The van der Waals surface area contributed by atoms with Crippen molar-refractivity contribution in [3.63, 3.8) is 0 Å². The molecule has 0 unspecified atom stereocenters. The van der Waals surface area contributed by atoms with Crippen LogP contribution >= 0.6 is 0 Å². The summed E-state index contributed by atoms with van der Waals surface area (Å²) >= 11 is 0. The van der Waals surface area contributed by atoms with Crippen molar-refractivity contribution in [3.8, 4) is 5.75 Å². The van der Waals surface area contributed by atoms with E-state index in [4.69, 9.17) is 4.74 Å². The predicted molar refractivity (Wildman–Crippen MR) is 132 cm³/mol. The third-order valence-electron chi connectivity index (χ3n) is 5.31. The molecule has 10 heteroatoms. The monoisotopic (exact) mass is 499 g/mol. The fraction of sp³-hybridized carbons (Fsp3) is 0.200. The number of amides is 2. The summed E-state index contributed by atoms with van der Waals surface area (Å²) in [6.45, 7) is 3.53. The van der Waals surface area contributed by atoms with Crippen LogP contribution in [0.15, 0.2) is 71.6 Å². The van der Waals surface area contributed by atoms with Crippen molar-refractivity contribution in [3.05, 3.63) is 83.7 Å². The summed E-state index contributed by atoms with van der Waals surface area (Å²) < 4.78 is 45.2. The highest BCUT2D eigenvalue weighted by atomic mass is 32.2.